The van der Waals surface area contributed by atoms with Crippen LogP contribution in [0.2, 0.25) is 0 Å². The van der Waals surface area contributed by atoms with E-state index in [1.807, 2.05) is 0 Å². The van der Waals surface area contributed by atoms with Crippen LogP contribution in [0.15, 0.2) is 24.3 Å². The highest BCUT2D eigenvalue weighted by atomic mass is 19.4. The lowest BCUT2D eigenvalue weighted by atomic mass is 10.0. The van der Waals surface area contributed by atoms with E-state index >= 15 is 0 Å². The standard InChI is InChI=1S/C11H9F5O5/c12-10(13,14)11(15,16)21-6-3-1-5(2-4-6)7(17)8(18)9(19)20/h1-4,7-8,17-18H,(H,19,20). The van der Waals surface area contributed by atoms with Crippen molar-refractivity contribution in [2.24, 2.45) is 0 Å². The van der Waals surface area contributed by atoms with Crippen LogP contribution in [0, 0.1) is 0 Å². The van der Waals surface area contributed by atoms with E-state index < -0.39 is 36.2 Å². The van der Waals surface area contributed by atoms with Crippen molar-refractivity contribution in [1.82, 2.24) is 0 Å². The van der Waals surface area contributed by atoms with E-state index in [1.54, 1.807) is 0 Å². The molecule has 0 amide bonds. The molecular weight excluding hydrogens is 307 g/mol. The van der Waals surface area contributed by atoms with Gasteiger partial charge in [-0.25, -0.2) is 4.79 Å². The number of alkyl halides is 5. The Kier molecular flexibility index (Phi) is 4.74. The number of benzene rings is 1. The number of hydrogen-bond donors (Lipinski definition) is 3. The summed E-state index contributed by atoms with van der Waals surface area (Å²) in [6, 6.07) is 3.04. The first-order valence-electron chi connectivity index (χ1n) is 5.28. The molecule has 0 bridgehead atoms. The van der Waals surface area contributed by atoms with Crippen LogP contribution in [0.5, 0.6) is 5.75 Å². The van der Waals surface area contributed by atoms with Crippen LogP contribution in [0.25, 0.3) is 0 Å². The Balaban J connectivity index is 2.86. The van der Waals surface area contributed by atoms with Crippen LogP contribution in [0.3, 0.4) is 0 Å². The van der Waals surface area contributed by atoms with Crippen LogP contribution in [-0.4, -0.2) is 39.7 Å². The summed E-state index contributed by atoms with van der Waals surface area (Å²) in [5.74, 6) is -2.58. The molecule has 0 aromatic heterocycles. The van der Waals surface area contributed by atoms with E-state index in [1.165, 1.54) is 0 Å². The average molecular weight is 316 g/mol. The first-order chi connectivity index (χ1) is 9.45. The Morgan fingerprint density at radius 1 is 1.05 bits per heavy atom. The Morgan fingerprint density at radius 2 is 1.52 bits per heavy atom. The molecular formula is C11H9F5O5. The van der Waals surface area contributed by atoms with Gasteiger partial charge < -0.3 is 20.1 Å². The average Bonchev–Trinajstić information content (AvgIpc) is 2.36. The smallest absolute Gasteiger partial charge is 0.479 e. The number of carbonyl (C=O) groups is 1. The van der Waals surface area contributed by atoms with Gasteiger partial charge in [0.15, 0.2) is 6.10 Å². The van der Waals surface area contributed by atoms with Gasteiger partial charge in [0.2, 0.25) is 0 Å². The first kappa shape index (κ1) is 17.1. The van der Waals surface area contributed by atoms with E-state index in [0.29, 0.717) is 12.1 Å². The molecule has 5 nitrogen and oxygen atoms in total. The molecule has 0 spiro atoms. The Hall–Kier alpha value is -1.94. The number of carboxylic acids is 1. The zero-order chi connectivity index (χ0) is 16.4. The van der Waals surface area contributed by atoms with E-state index in [0.717, 1.165) is 12.1 Å². The van der Waals surface area contributed by atoms with Crippen molar-refractivity contribution in [2.75, 3.05) is 0 Å². The second-order valence-corrected chi connectivity index (χ2v) is 3.91. The van der Waals surface area contributed by atoms with Crippen molar-refractivity contribution < 1.29 is 46.8 Å². The molecule has 2 unspecified atom stereocenters. The van der Waals surface area contributed by atoms with Crippen molar-refractivity contribution in [3.63, 3.8) is 0 Å². The van der Waals surface area contributed by atoms with Gasteiger partial charge in [-0.1, -0.05) is 12.1 Å². The molecule has 0 aliphatic heterocycles. The third kappa shape index (κ3) is 4.02. The van der Waals surface area contributed by atoms with Crippen LogP contribution in [0.1, 0.15) is 11.7 Å². The number of aliphatic carboxylic acids is 1. The second-order valence-electron chi connectivity index (χ2n) is 3.91. The summed E-state index contributed by atoms with van der Waals surface area (Å²) in [6.07, 6.45) is -15.3. The molecule has 0 aliphatic carbocycles. The highest BCUT2D eigenvalue weighted by Crippen LogP contribution is 2.37. The fourth-order valence-electron chi connectivity index (χ4n) is 1.26. The predicted molar refractivity (Wildman–Crippen MR) is 56.7 cm³/mol. The lowest BCUT2D eigenvalue weighted by Gasteiger charge is -2.20. The fourth-order valence-corrected chi connectivity index (χ4v) is 1.26. The maximum absolute atomic E-state index is 12.6. The van der Waals surface area contributed by atoms with Gasteiger partial charge in [-0.3, -0.25) is 0 Å². The van der Waals surface area contributed by atoms with E-state index in [9.17, 15) is 31.9 Å². The maximum atomic E-state index is 12.6. The summed E-state index contributed by atoms with van der Waals surface area (Å²) >= 11 is 0. The third-order valence-corrected chi connectivity index (χ3v) is 2.35. The zero-order valence-corrected chi connectivity index (χ0v) is 10.0. The molecule has 21 heavy (non-hydrogen) atoms. The van der Waals surface area contributed by atoms with Crippen molar-refractivity contribution in [3.8, 4) is 5.75 Å². The van der Waals surface area contributed by atoms with Gasteiger partial charge in [0.25, 0.3) is 0 Å². The van der Waals surface area contributed by atoms with Crippen molar-refractivity contribution >= 4 is 5.97 Å². The lowest BCUT2D eigenvalue weighted by molar-refractivity contribution is -0.360. The molecule has 1 rings (SSSR count). The normalized spacial score (nSPS) is 15.4. The van der Waals surface area contributed by atoms with Crippen LogP contribution in [-0.2, 0) is 4.79 Å². The monoisotopic (exact) mass is 316 g/mol. The SMILES string of the molecule is O=C(O)C(O)C(O)c1ccc(OC(F)(F)C(F)(F)F)cc1. The molecule has 3 N–H and O–H groups in total. The van der Waals surface area contributed by atoms with Crippen LogP contribution >= 0.6 is 0 Å². The minimum absolute atomic E-state index is 0.201. The number of aliphatic hydroxyl groups is 2. The largest absolute Gasteiger partial charge is 0.499 e. The molecule has 10 heteroatoms. The van der Waals surface area contributed by atoms with E-state index in [4.69, 9.17) is 10.2 Å². The first-order valence-corrected chi connectivity index (χ1v) is 5.28. The number of halogens is 5. The van der Waals surface area contributed by atoms with Crippen molar-refractivity contribution in [3.05, 3.63) is 29.8 Å². The van der Waals surface area contributed by atoms with Gasteiger partial charge in [-0.15, -0.1) is 0 Å². The minimum Gasteiger partial charge on any atom is -0.479 e. The molecule has 1 aromatic rings. The van der Waals surface area contributed by atoms with E-state index in [2.05, 4.69) is 4.74 Å². The Labute approximate surface area is 114 Å². The minimum atomic E-state index is -5.90. The second kappa shape index (κ2) is 5.82. The fraction of sp³-hybridized carbons (Fsp3) is 0.364. The van der Waals surface area contributed by atoms with Gasteiger partial charge >= 0.3 is 18.3 Å². The van der Waals surface area contributed by atoms with Gasteiger partial charge in [-0.2, -0.15) is 22.0 Å². The summed E-state index contributed by atoms with van der Waals surface area (Å²) < 4.78 is 64.4. The quantitative estimate of drug-likeness (QED) is 0.720. The molecule has 0 saturated heterocycles. The molecule has 2 atom stereocenters. The molecule has 0 radical (unpaired) electrons. The number of rotatable bonds is 5. The lowest BCUT2D eigenvalue weighted by Crippen LogP contribution is -2.41. The van der Waals surface area contributed by atoms with E-state index in [-0.39, 0.29) is 5.56 Å². The highest BCUT2D eigenvalue weighted by molar-refractivity contribution is 5.73. The summed E-state index contributed by atoms with van der Waals surface area (Å²) in [4.78, 5) is 10.4. The topological polar surface area (TPSA) is 87.0 Å². The summed E-state index contributed by atoms with van der Waals surface area (Å²) in [5.41, 5.74) is -0.201. The van der Waals surface area contributed by atoms with Gasteiger partial charge in [0.1, 0.15) is 11.9 Å². The summed E-state index contributed by atoms with van der Waals surface area (Å²) in [7, 11) is 0. The number of aliphatic hydroxyl groups excluding tert-OH is 2. The van der Waals surface area contributed by atoms with Crippen LogP contribution < -0.4 is 4.74 Å². The number of hydrogen-bond acceptors (Lipinski definition) is 4. The Morgan fingerprint density at radius 3 is 1.90 bits per heavy atom. The molecule has 1 aromatic carbocycles. The number of carboxylic acid groups (broad SMARTS) is 1. The van der Waals surface area contributed by atoms with Gasteiger partial charge in [-0.05, 0) is 17.7 Å². The molecule has 0 saturated carbocycles. The highest BCUT2D eigenvalue weighted by Gasteiger charge is 2.61. The molecule has 0 fully saturated rings. The van der Waals surface area contributed by atoms with Crippen molar-refractivity contribution in [1.29, 1.82) is 0 Å². The summed E-state index contributed by atoms with van der Waals surface area (Å²) in [5, 5.41) is 26.9. The van der Waals surface area contributed by atoms with Gasteiger partial charge in [0, 0.05) is 0 Å². The van der Waals surface area contributed by atoms with Crippen molar-refractivity contribution in [2.45, 2.75) is 24.5 Å². The Bertz CT molecular complexity index is 499. The summed E-state index contributed by atoms with van der Waals surface area (Å²) in [6.45, 7) is 0. The third-order valence-electron chi connectivity index (χ3n) is 2.35. The van der Waals surface area contributed by atoms with Gasteiger partial charge in [0.05, 0.1) is 0 Å². The maximum Gasteiger partial charge on any atom is 0.499 e. The zero-order valence-electron chi connectivity index (χ0n) is 10.0. The molecule has 0 aliphatic rings. The molecule has 0 heterocycles. The predicted octanol–water partition coefficient (Wildman–Crippen LogP) is 1.70. The number of ether oxygens (including phenoxy) is 1. The molecule has 118 valence electrons. The van der Waals surface area contributed by atoms with Crippen LogP contribution in [0.4, 0.5) is 22.0 Å².